The van der Waals surface area contributed by atoms with Gasteiger partial charge in [-0.1, -0.05) is 0 Å². The van der Waals surface area contributed by atoms with Crippen molar-refractivity contribution in [2.45, 2.75) is 0 Å². The second kappa shape index (κ2) is 2.42. The first-order valence-electron chi connectivity index (χ1n) is 2.14. The molecule has 0 spiro atoms. The monoisotopic (exact) mass is 111 g/mol. The second-order valence-electron chi connectivity index (χ2n) is 1.26. The van der Waals surface area contributed by atoms with Gasteiger partial charge in [-0.25, -0.2) is 4.99 Å². The van der Waals surface area contributed by atoms with Gasteiger partial charge in [-0.15, -0.1) is 10.5 Å². The van der Waals surface area contributed by atoms with E-state index < -0.39 is 0 Å². The van der Waals surface area contributed by atoms with Crippen LogP contribution in [0.3, 0.4) is 0 Å². The molecule has 8 heavy (non-hydrogen) atoms. The predicted molar refractivity (Wildman–Crippen MR) is 28.9 cm³/mol. The van der Waals surface area contributed by atoms with Crippen LogP contribution in [0.5, 0.6) is 0 Å². The largest absolute Gasteiger partial charge is 0.377 e. The SMILES string of the molecule is COCC1=N[C]=N[N]1. The van der Waals surface area contributed by atoms with E-state index in [1.165, 1.54) is 0 Å². The van der Waals surface area contributed by atoms with E-state index >= 15 is 0 Å². The zero-order valence-corrected chi connectivity index (χ0v) is 4.46. The van der Waals surface area contributed by atoms with E-state index in [0.717, 1.165) is 0 Å². The van der Waals surface area contributed by atoms with Crippen molar-refractivity contribution >= 4 is 12.2 Å². The maximum Gasteiger partial charge on any atom is 0.223 e. The highest BCUT2D eigenvalue weighted by atomic mass is 16.5. The standard InChI is InChI=1S/C4H5N3O/c1-8-2-4-5-3-6-7-4/h2H2,1H3. The normalized spacial score (nSPS) is 15.9. The van der Waals surface area contributed by atoms with Gasteiger partial charge in [0.15, 0.2) is 5.84 Å². The Labute approximate surface area is 47.3 Å². The molecule has 0 bridgehead atoms. The number of hydrogen-bond donors (Lipinski definition) is 0. The molecule has 0 aliphatic carbocycles. The zero-order chi connectivity index (χ0) is 5.82. The molecule has 4 heteroatoms. The molecule has 1 rings (SSSR count). The van der Waals surface area contributed by atoms with Crippen LogP contribution < -0.4 is 5.43 Å². The van der Waals surface area contributed by atoms with Crippen molar-refractivity contribution in [1.29, 1.82) is 0 Å². The van der Waals surface area contributed by atoms with Gasteiger partial charge in [-0.3, -0.25) is 0 Å². The third-order valence-corrected chi connectivity index (χ3v) is 0.663. The van der Waals surface area contributed by atoms with Crippen LogP contribution >= 0.6 is 0 Å². The number of methoxy groups -OCH3 is 1. The second-order valence-corrected chi connectivity index (χ2v) is 1.26. The van der Waals surface area contributed by atoms with E-state index in [2.05, 4.69) is 21.9 Å². The molecule has 0 aromatic heterocycles. The average molecular weight is 111 g/mol. The Morgan fingerprint density at radius 3 is 3.12 bits per heavy atom. The summed E-state index contributed by atoms with van der Waals surface area (Å²) in [6, 6.07) is 0. The van der Waals surface area contributed by atoms with Crippen molar-refractivity contribution in [3.8, 4) is 0 Å². The highest BCUT2D eigenvalue weighted by Crippen LogP contribution is 1.83. The smallest absolute Gasteiger partial charge is 0.223 e. The fraction of sp³-hybridized carbons (Fsp3) is 0.500. The van der Waals surface area contributed by atoms with Gasteiger partial charge in [0.2, 0.25) is 6.34 Å². The quantitative estimate of drug-likeness (QED) is 0.472. The average Bonchev–Trinajstić information content (AvgIpc) is 2.19. The predicted octanol–water partition coefficient (Wildman–Crippen LogP) is -0.530. The molecular weight excluding hydrogens is 106 g/mol. The van der Waals surface area contributed by atoms with Crippen molar-refractivity contribution in [3.05, 3.63) is 0 Å². The van der Waals surface area contributed by atoms with Crippen molar-refractivity contribution in [2.24, 2.45) is 10.1 Å². The summed E-state index contributed by atoms with van der Waals surface area (Å²) in [6.45, 7) is 0.413. The summed E-state index contributed by atoms with van der Waals surface area (Å²) in [4.78, 5) is 3.63. The lowest BCUT2D eigenvalue weighted by atomic mass is 10.6. The van der Waals surface area contributed by atoms with Gasteiger partial charge < -0.3 is 4.74 Å². The fourth-order valence-corrected chi connectivity index (χ4v) is 0.373. The maximum absolute atomic E-state index is 4.70. The van der Waals surface area contributed by atoms with E-state index in [4.69, 9.17) is 4.74 Å². The number of hydrogen-bond acceptors (Lipinski definition) is 3. The maximum atomic E-state index is 4.70. The van der Waals surface area contributed by atoms with Crippen LogP contribution in [0.25, 0.3) is 0 Å². The summed E-state index contributed by atoms with van der Waals surface area (Å²) in [5.74, 6) is 0.576. The van der Waals surface area contributed by atoms with Gasteiger partial charge in [0, 0.05) is 7.11 Å². The Kier molecular flexibility index (Phi) is 1.58. The summed E-state index contributed by atoms with van der Waals surface area (Å²) in [6.07, 6.45) is 2.32. The lowest BCUT2D eigenvalue weighted by molar-refractivity contribution is 0.243. The molecule has 1 heterocycles. The molecule has 0 saturated heterocycles. The Hall–Kier alpha value is -0.900. The molecule has 1 aliphatic heterocycles. The number of aliphatic imine (C=N–C) groups is 1. The van der Waals surface area contributed by atoms with Crippen molar-refractivity contribution in [3.63, 3.8) is 0 Å². The molecule has 2 radical (unpaired) electrons. The van der Waals surface area contributed by atoms with Crippen molar-refractivity contribution in [2.75, 3.05) is 13.7 Å². The zero-order valence-electron chi connectivity index (χ0n) is 4.46. The van der Waals surface area contributed by atoms with Gasteiger partial charge in [0.1, 0.15) is 6.61 Å². The lowest BCUT2D eigenvalue weighted by Gasteiger charge is -1.91. The summed E-state index contributed by atoms with van der Waals surface area (Å²) in [5.41, 5.74) is 3.56. The highest BCUT2D eigenvalue weighted by molar-refractivity contribution is 5.92. The van der Waals surface area contributed by atoms with Crippen LogP contribution in [0.1, 0.15) is 0 Å². The number of rotatable bonds is 2. The third-order valence-electron chi connectivity index (χ3n) is 0.663. The van der Waals surface area contributed by atoms with E-state index in [9.17, 15) is 0 Å². The first-order chi connectivity index (χ1) is 3.93. The molecule has 42 valence electrons. The molecule has 0 aromatic rings. The molecule has 0 saturated carbocycles. The van der Waals surface area contributed by atoms with Gasteiger partial charge in [-0.2, -0.15) is 0 Å². The van der Waals surface area contributed by atoms with Crippen LogP contribution in [0.15, 0.2) is 10.1 Å². The third kappa shape index (κ3) is 1.04. The summed E-state index contributed by atoms with van der Waals surface area (Å²) in [7, 11) is 1.58. The van der Waals surface area contributed by atoms with E-state index in [-0.39, 0.29) is 0 Å². The molecule has 0 N–H and O–H groups in total. The molecule has 0 amide bonds. The lowest BCUT2D eigenvalue weighted by Crippen LogP contribution is -2.12. The van der Waals surface area contributed by atoms with Crippen LogP contribution in [-0.2, 0) is 4.74 Å². The van der Waals surface area contributed by atoms with Crippen LogP contribution in [-0.4, -0.2) is 25.9 Å². The molecule has 0 atom stereocenters. The van der Waals surface area contributed by atoms with Gasteiger partial charge in [-0.05, 0) is 0 Å². The Balaban J connectivity index is 2.28. The minimum atomic E-state index is 0.413. The molecule has 0 unspecified atom stereocenters. The molecule has 0 aromatic carbocycles. The van der Waals surface area contributed by atoms with Crippen molar-refractivity contribution < 1.29 is 4.74 Å². The van der Waals surface area contributed by atoms with Gasteiger partial charge >= 0.3 is 0 Å². The Morgan fingerprint density at radius 2 is 2.62 bits per heavy atom. The Bertz CT molecular complexity index is 129. The van der Waals surface area contributed by atoms with E-state index in [0.29, 0.717) is 12.4 Å². The van der Waals surface area contributed by atoms with Gasteiger partial charge in [0.25, 0.3) is 0 Å². The van der Waals surface area contributed by atoms with Crippen LogP contribution in [0, 0.1) is 0 Å². The fourth-order valence-electron chi connectivity index (χ4n) is 0.373. The van der Waals surface area contributed by atoms with E-state index in [1.807, 2.05) is 0 Å². The summed E-state index contributed by atoms with van der Waals surface area (Å²) in [5, 5.41) is 3.37. The first kappa shape index (κ1) is 5.24. The van der Waals surface area contributed by atoms with Crippen LogP contribution in [0.4, 0.5) is 0 Å². The number of ether oxygens (including phenoxy) is 1. The molecule has 1 aliphatic rings. The minimum Gasteiger partial charge on any atom is -0.377 e. The summed E-state index contributed by atoms with van der Waals surface area (Å²) < 4.78 is 4.70. The van der Waals surface area contributed by atoms with Crippen molar-refractivity contribution in [1.82, 2.24) is 5.43 Å². The molecule has 4 nitrogen and oxygen atoms in total. The number of amidine groups is 1. The summed E-state index contributed by atoms with van der Waals surface area (Å²) >= 11 is 0. The van der Waals surface area contributed by atoms with E-state index in [1.54, 1.807) is 7.11 Å². The van der Waals surface area contributed by atoms with Gasteiger partial charge in [0.05, 0.1) is 0 Å². The topological polar surface area (TPSA) is 48.1 Å². The minimum absolute atomic E-state index is 0.413. The highest BCUT2D eigenvalue weighted by Gasteiger charge is 2.01. The molecule has 0 fully saturated rings. The first-order valence-corrected chi connectivity index (χ1v) is 2.14. The molecular formula is C4H5N3O. The Morgan fingerprint density at radius 1 is 1.75 bits per heavy atom. The number of nitrogens with zero attached hydrogens (tertiary/aromatic N) is 3. The van der Waals surface area contributed by atoms with Crippen LogP contribution in [0.2, 0.25) is 0 Å².